The second kappa shape index (κ2) is 7.45. The van der Waals surface area contributed by atoms with Gasteiger partial charge in [0.2, 0.25) is 17.5 Å². The predicted octanol–water partition coefficient (Wildman–Crippen LogP) is 4.93. The Morgan fingerprint density at radius 3 is 2.75 bits per heavy atom. The largest absolute Gasteiger partial charge is 0.461 e. The lowest BCUT2D eigenvalue weighted by Gasteiger charge is -2.08. The van der Waals surface area contributed by atoms with Crippen molar-refractivity contribution in [3.8, 4) is 28.7 Å². The van der Waals surface area contributed by atoms with E-state index in [-0.39, 0.29) is 0 Å². The molecule has 5 rings (SSSR count). The van der Waals surface area contributed by atoms with Gasteiger partial charge in [0.05, 0.1) is 12.0 Å². The zero-order valence-electron chi connectivity index (χ0n) is 14.4. The quantitative estimate of drug-likeness (QED) is 0.369. The fraction of sp³-hybridized carbons (Fsp3) is 0.0526. The number of nitrogens with zero attached hydrogens (tertiary/aromatic N) is 5. The zero-order chi connectivity index (χ0) is 18.8. The summed E-state index contributed by atoms with van der Waals surface area (Å²) in [5.41, 5.74) is 1.91. The van der Waals surface area contributed by atoms with Crippen LogP contribution < -0.4 is 0 Å². The van der Waals surface area contributed by atoms with Crippen molar-refractivity contribution in [1.29, 1.82) is 0 Å². The normalized spacial score (nSPS) is 11.1. The summed E-state index contributed by atoms with van der Waals surface area (Å²) in [7, 11) is 0. The summed E-state index contributed by atoms with van der Waals surface area (Å²) in [4.78, 5) is 4.46. The summed E-state index contributed by atoms with van der Waals surface area (Å²) < 4.78 is 12.9. The summed E-state index contributed by atoms with van der Waals surface area (Å²) in [5.74, 6) is 2.91. The average molecular weight is 407 g/mol. The van der Waals surface area contributed by atoms with Crippen LogP contribution in [-0.4, -0.2) is 24.9 Å². The fourth-order valence-corrected chi connectivity index (χ4v) is 4.11. The number of rotatable bonds is 6. The fourth-order valence-electron chi connectivity index (χ4n) is 2.69. The molecule has 4 heterocycles. The van der Waals surface area contributed by atoms with E-state index in [0.29, 0.717) is 34.2 Å². The first-order valence-electron chi connectivity index (χ1n) is 8.41. The first kappa shape index (κ1) is 17.0. The zero-order valence-corrected chi connectivity index (χ0v) is 16.1. The van der Waals surface area contributed by atoms with Crippen molar-refractivity contribution in [2.75, 3.05) is 0 Å². The van der Waals surface area contributed by atoms with E-state index >= 15 is 0 Å². The molecule has 0 bridgehead atoms. The van der Waals surface area contributed by atoms with Crippen molar-refractivity contribution in [2.24, 2.45) is 0 Å². The summed E-state index contributed by atoms with van der Waals surface area (Å²) >= 11 is 3.08. The van der Waals surface area contributed by atoms with E-state index in [1.165, 1.54) is 11.8 Å². The van der Waals surface area contributed by atoms with Crippen molar-refractivity contribution in [1.82, 2.24) is 24.9 Å². The van der Waals surface area contributed by atoms with Gasteiger partial charge in [-0.1, -0.05) is 35.1 Å². The molecular weight excluding hydrogens is 394 g/mol. The molecule has 0 atom stereocenters. The highest BCUT2D eigenvalue weighted by molar-refractivity contribution is 7.98. The molecule has 0 unspecified atom stereocenters. The van der Waals surface area contributed by atoms with Crippen LogP contribution >= 0.6 is 23.1 Å². The van der Waals surface area contributed by atoms with E-state index in [0.717, 1.165) is 11.3 Å². The van der Waals surface area contributed by atoms with E-state index in [9.17, 15) is 0 Å². The second-order valence-corrected chi connectivity index (χ2v) is 7.49. The van der Waals surface area contributed by atoms with Crippen LogP contribution in [0.3, 0.4) is 0 Å². The second-order valence-electron chi connectivity index (χ2n) is 5.77. The van der Waals surface area contributed by atoms with Gasteiger partial charge in [-0.3, -0.25) is 4.57 Å². The SMILES string of the molecule is c1ccc(-n2c(SCc3nc(-c4ccsc4)no3)nnc2-c2ccco2)cc1. The maximum atomic E-state index is 5.53. The third-order valence-corrected chi connectivity index (χ3v) is 5.56. The third-order valence-electron chi connectivity index (χ3n) is 3.96. The molecule has 0 radical (unpaired) electrons. The first-order valence-corrected chi connectivity index (χ1v) is 10.3. The molecule has 0 N–H and O–H groups in total. The maximum Gasteiger partial charge on any atom is 0.237 e. The summed E-state index contributed by atoms with van der Waals surface area (Å²) in [6.07, 6.45) is 1.62. The van der Waals surface area contributed by atoms with Crippen LogP contribution in [0.5, 0.6) is 0 Å². The number of hydrogen-bond donors (Lipinski definition) is 0. The molecular formula is C19H13N5O2S2. The van der Waals surface area contributed by atoms with Gasteiger partial charge in [-0.25, -0.2) is 0 Å². The highest BCUT2D eigenvalue weighted by atomic mass is 32.2. The standard InChI is InChI=1S/C19H13N5O2S2/c1-2-5-14(6-3-1)24-18(15-7-4-9-25-15)21-22-19(24)28-12-16-20-17(23-26-16)13-8-10-27-11-13/h1-11H,12H2. The topological polar surface area (TPSA) is 82.8 Å². The third kappa shape index (κ3) is 3.25. The van der Waals surface area contributed by atoms with Crippen LogP contribution in [0.4, 0.5) is 0 Å². The Kier molecular flexibility index (Phi) is 4.51. The van der Waals surface area contributed by atoms with Gasteiger partial charge in [0.1, 0.15) is 0 Å². The Labute approximate surface area is 168 Å². The maximum absolute atomic E-state index is 5.53. The summed E-state index contributed by atoms with van der Waals surface area (Å²) in [6, 6.07) is 15.6. The Morgan fingerprint density at radius 1 is 1.04 bits per heavy atom. The van der Waals surface area contributed by atoms with Gasteiger partial charge in [0.25, 0.3) is 0 Å². The lowest BCUT2D eigenvalue weighted by molar-refractivity contribution is 0.391. The van der Waals surface area contributed by atoms with Crippen LogP contribution in [0.2, 0.25) is 0 Å². The minimum absolute atomic E-state index is 0.486. The number of thioether (sulfide) groups is 1. The highest BCUT2D eigenvalue weighted by Gasteiger charge is 2.19. The van der Waals surface area contributed by atoms with Crippen molar-refractivity contribution in [3.63, 3.8) is 0 Å². The molecule has 0 aliphatic rings. The molecule has 0 saturated carbocycles. The molecule has 0 aliphatic carbocycles. The molecule has 9 heteroatoms. The van der Waals surface area contributed by atoms with E-state index in [2.05, 4.69) is 20.3 Å². The molecule has 7 nitrogen and oxygen atoms in total. The number of hydrogen-bond acceptors (Lipinski definition) is 8. The molecule has 4 aromatic heterocycles. The molecule has 0 fully saturated rings. The molecule has 5 aromatic rings. The van der Waals surface area contributed by atoms with E-state index < -0.39 is 0 Å². The molecule has 1 aromatic carbocycles. The minimum atomic E-state index is 0.486. The summed E-state index contributed by atoms with van der Waals surface area (Å²) in [5, 5.41) is 17.4. The van der Waals surface area contributed by atoms with Crippen molar-refractivity contribution < 1.29 is 8.94 Å². The molecule has 0 spiro atoms. The molecule has 28 heavy (non-hydrogen) atoms. The van der Waals surface area contributed by atoms with Crippen LogP contribution in [0.25, 0.3) is 28.7 Å². The van der Waals surface area contributed by atoms with Crippen LogP contribution in [0, 0.1) is 0 Å². The lowest BCUT2D eigenvalue weighted by Crippen LogP contribution is -1.99. The number of benzene rings is 1. The molecule has 138 valence electrons. The first-order chi connectivity index (χ1) is 13.9. The van der Waals surface area contributed by atoms with Crippen molar-refractivity contribution in [3.05, 3.63) is 71.4 Å². The van der Waals surface area contributed by atoms with Gasteiger partial charge in [0, 0.05) is 16.6 Å². The highest BCUT2D eigenvalue weighted by Crippen LogP contribution is 2.30. The Hall–Kier alpha value is -3.17. The van der Waals surface area contributed by atoms with E-state index in [1.54, 1.807) is 17.6 Å². The Balaban J connectivity index is 1.44. The van der Waals surface area contributed by atoms with E-state index in [1.807, 2.05) is 63.9 Å². The monoisotopic (exact) mass is 407 g/mol. The molecule has 0 amide bonds. The van der Waals surface area contributed by atoms with Gasteiger partial charge in [-0.15, -0.1) is 10.2 Å². The lowest BCUT2D eigenvalue weighted by atomic mass is 10.3. The van der Waals surface area contributed by atoms with Gasteiger partial charge < -0.3 is 8.94 Å². The average Bonchev–Trinajstić information content (AvgIpc) is 3.53. The van der Waals surface area contributed by atoms with Crippen molar-refractivity contribution >= 4 is 23.1 Å². The number of para-hydroxylation sites is 1. The number of furan rings is 1. The smallest absolute Gasteiger partial charge is 0.237 e. The van der Waals surface area contributed by atoms with E-state index in [4.69, 9.17) is 8.94 Å². The van der Waals surface area contributed by atoms with Crippen LogP contribution in [0.15, 0.2) is 79.7 Å². The van der Waals surface area contributed by atoms with Crippen LogP contribution in [-0.2, 0) is 5.75 Å². The van der Waals surface area contributed by atoms with Gasteiger partial charge in [0.15, 0.2) is 10.9 Å². The van der Waals surface area contributed by atoms with Gasteiger partial charge in [-0.05, 0) is 35.7 Å². The Bertz CT molecular complexity index is 1160. The Morgan fingerprint density at radius 2 is 1.96 bits per heavy atom. The molecule has 0 saturated heterocycles. The minimum Gasteiger partial charge on any atom is -0.461 e. The summed E-state index contributed by atoms with van der Waals surface area (Å²) in [6.45, 7) is 0. The van der Waals surface area contributed by atoms with Gasteiger partial charge >= 0.3 is 0 Å². The number of aromatic nitrogens is 5. The predicted molar refractivity (Wildman–Crippen MR) is 106 cm³/mol. The van der Waals surface area contributed by atoms with Crippen LogP contribution in [0.1, 0.15) is 5.89 Å². The number of thiophene rings is 1. The van der Waals surface area contributed by atoms with Gasteiger partial charge in [-0.2, -0.15) is 16.3 Å². The molecule has 0 aliphatic heterocycles. The van der Waals surface area contributed by atoms with Crippen molar-refractivity contribution in [2.45, 2.75) is 10.9 Å².